The molecule has 3 nitrogen and oxygen atoms in total. The Morgan fingerprint density at radius 1 is 1.60 bits per heavy atom. The van der Waals surface area contributed by atoms with Crippen LogP contribution in [0.1, 0.15) is 10.6 Å². The lowest BCUT2D eigenvalue weighted by molar-refractivity contribution is 0.733. The van der Waals surface area contributed by atoms with Crippen LogP contribution in [0, 0.1) is 6.92 Å². The zero-order valence-electron chi connectivity index (χ0n) is 8.11. The molecule has 0 saturated heterocycles. The summed E-state index contributed by atoms with van der Waals surface area (Å²) in [5, 5.41) is 2.00. The van der Waals surface area contributed by atoms with E-state index in [-0.39, 0.29) is 5.56 Å². The van der Waals surface area contributed by atoms with Crippen LogP contribution in [0.25, 0.3) is 0 Å². The van der Waals surface area contributed by atoms with Crippen LogP contribution < -0.4 is 5.56 Å². The molecule has 2 heterocycles. The molecule has 2 aromatic rings. The fourth-order valence-corrected chi connectivity index (χ4v) is 2.26. The summed E-state index contributed by atoms with van der Waals surface area (Å²) in [4.78, 5) is 17.1. The Balaban J connectivity index is 2.38. The lowest BCUT2D eigenvalue weighted by Gasteiger charge is -2.04. The van der Waals surface area contributed by atoms with Crippen molar-refractivity contribution in [1.29, 1.82) is 0 Å². The molecule has 0 aliphatic heterocycles. The number of halogens is 1. The molecular formula is C10H9BrN2OS. The number of hydrogen-bond donors (Lipinski definition) is 0. The van der Waals surface area contributed by atoms with Crippen molar-refractivity contribution in [2.24, 2.45) is 0 Å². The van der Waals surface area contributed by atoms with Crippen molar-refractivity contribution in [2.45, 2.75) is 13.5 Å². The third-order valence-electron chi connectivity index (χ3n) is 2.06. The molecule has 0 aliphatic rings. The minimum atomic E-state index is -0.0316. The Morgan fingerprint density at radius 3 is 3.07 bits per heavy atom. The second kappa shape index (κ2) is 4.28. The maximum atomic E-state index is 11.8. The van der Waals surface area contributed by atoms with E-state index >= 15 is 0 Å². The molecule has 0 aliphatic carbocycles. The molecule has 0 aromatic carbocycles. The molecule has 0 saturated carbocycles. The number of aryl methyl sites for hydroxylation is 1. The first-order valence-corrected chi connectivity index (χ1v) is 6.09. The van der Waals surface area contributed by atoms with Gasteiger partial charge in [0, 0.05) is 4.88 Å². The number of rotatable bonds is 2. The lowest BCUT2D eigenvalue weighted by atomic mass is 10.4. The standard InChI is InChI=1S/C10H9BrN2OS/c1-7-9(11)10(14)13(6-12-7)5-8-3-2-4-15-8/h2-4,6H,5H2,1H3. The van der Waals surface area contributed by atoms with Crippen molar-refractivity contribution in [1.82, 2.24) is 9.55 Å². The van der Waals surface area contributed by atoms with Crippen LogP contribution in [0.3, 0.4) is 0 Å². The second-order valence-corrected chi connectivity index (χ2v) is 4.98. The Morgan fingerprint density at radius 2 is 2.40 bits per heavy atom. The van der Waals surface area contributed by atoms with E-state index < -0.39 is 0 Å². The third kappa shape index (κ3) is 2.18. The van der Waals surface area contributed by atoms with Crippen molar-refractivity contribution in [2.75, 3.05) is 0 Å². The van der Waals surface area contributed by atoms with Crippen LogP contribution in [0.4, 0.5) is 0 Å². The molecule has 0 unspecified atom stereocenters. The maximum absolute atomic E-state index is 11.8. The number of hydrogen-bond acceptors (Lipinski definition) is 3. The van der Waals surface area contributed by atoms with Crippen LogP contribution in [0.2, 0.25) is 0 Å². The zero-order chi connectivity index (χ0) is 10.8. The summed E-state index contributed by atoms with van der Waals surface area (Å²) in [5.41, 5.74) is 0.693. The van der Waals surface area contributed by atoms with Gasteiger partial charge in [0.05, 0.1) is 18.6 Å². The third-order valence-corrected chi connectivity index (χ3v) is 3.84. The van der Waals surface area contributed by atoms with Crippen LogP contribution in [0.5, 0.6) is 0 Å². The molecule has 0 bridgehead atoms. The van der Waals surface area contributed by atoms with Crippen LogP contribution in [-0.2, 0) is 6.54 Å². The summed E-state index contributed by atoms with van der Waals surface area (Å²) in [6.07, 6.45) is 1.59. The monoisotopic (exact) mass is 284 g/mol. The Hall–Kier alpha value is -0.940. The van der Waals surface area contributed by atoms with E-state index in [0.29, 0.717) is 11.0 Å². The van der Waals surface area contributed by atoms with Gasteiger partial charge in [-0.05, 0) is 34.3 Å². The normalized spacial score (nSPS) is 10.5. The number of aromatic nitrogens is 2. The van der Waals surface area contributed by atoms with Gasteiger partial charge in [-0.3, -0.25) is 9.36 Å². The van der Waals surface area contributed by atoms with E-state index in [2.05, 4.69) is 20.9 Å². The van der Waals surface area contributed by atoms with Gasteiger partial charge in [-0.25, -0.2) is 4.98 Å². The van der Waals surface area contributed by atoms with E-state index in [0.717, 1.165) is 10.6 Å². The molecule has 0 N–H and O–H groups in total. The van der Waals surface area contributed by atoms with Crippen LogP contribution in [-0.4, -0.2) is 9.55 Å². The van der Waals surface area contributed by atoms with Gasteiger partial charge in [-0.1, -0.05) is 6.07 Å². The fraction of sp³-hybridized carbons (Fsp3) is 0.200. The molecule has 2 aromatic heterocycles. The first kappa shape index (κ1) is 10.6. The molecule has 0 amide bonds. The Bertz CT molecular complexity index is 519. The highest BCUT2D eigenvalue weighted by atomic mass is 79.9. The summed E-state index contributed by atoms with van der Waals surface area (Å²) in [6.45, 7) is 2.39. The molecular weight excluding hydrogens is 276 g/mol. The molecule has 0 radical (unpaired) electrons. The van der Waals surface area contributed by atoms with Gasteiger partial charge >= 0.3 is 0 Å². The highest BCUT2D eigenvalue weighted by Gasteiger charge is 2.05. The summed E-state index contributed by atoms with van der Waals surface area (Å²) in [7, 11) is 0. The van der Waals surface area contributed by atoms with Crippen molar-refractivity contribution in [3.05, 3.63) is 49.2 Å². The van der Waals surface area contributed by atoms with Gasteiger partial charge in [0.15, 0.2) is 0 Å². The molecule has 0 spiro atoms. The summed E-state index contributed by atoms with van der Waals surface area (Å²) < 4.78 is 2.14. The van der Waals surface area contributed by atoms with Gasteiger partial charge in [-0.15, -0.1) is 11.3 Å². The molecule has 78 valence electrons. The first-order valence-electron chi connectivity index (χ1n) is 4.42. The quantitative estimate of drug-likeness (QED) is 0.849. The van der Waals surface area contributed by atoms with Crippen molar-refractivity contribution < 1.29 is 0 Å². The average Bonchev–Trinajstić information content (AvgIpc) is 2.72. The molecule has 15 heavy (non-hydrogen) atoms. The largest absolute Gasteiger partial charge is 0.293 e. The van der Waals surface area contributed by atoms with E-state index in [9.17, 15) is 4.79 Å². The Labute approximate surface area is 99.5 Å². The van der Waals surface area contributed by atoms with Crippen molar-refractivity contribution >= 4 is 27.3 Å². The smallest absolute Gasteiger partial charge is 0.268 e. The summed E-state index contributed by atoms with van der Waals surface area (Å²) in [5.74, 6) is 0. The SMILES string of the molecule is Cc1ncn(Cc2cccs2)c(=O)c1Br. The minimum absolute atomic E-state index is 0.0316. The van der Waals surface area contributed by atoms with Gasteiger partial charge in [0.25, 0.3) is 5.56 Å². The van der Waals surface area contributed by atoms with Crippen LogP contribution in [0.15, 0.2) is 33.1 Å². The molecule has 2 rings (SSSR count). The van der Waals surface area contributed by atoms with Gasteiger partial charge in [-0.2, -0.15) is 0 Å². The topological polar surface area (TPSA) is 34.9 Å². The van der Waals surface area contributed by atoms with Gasteiger partial charge in [0.1, 0.15) is 4.47 Å². The zero-order valence-corrected chi connectivity index (χ0v) is 10.5. The average molecular weight is 285 g/mol. The summed E-state index contributed by atoms with van der Waals surface area (Å²) >= 11 is 4.88. The van der Waals surface area contributed by atoms with E-state index in [4.69, 9.17) is 0 Å². The lowest BCUT2D eigenvalue weighted by Crippen LogP contribution is -2.22. The Kier molecular flexibility index (Phi) is 3.02. The van der Waals surface area contributed by atoms with E-state index in [1.807, 2.05) is 17.5 Å². The predicted molar refractivity (Wildman–Crippen MR) is 64.4 cm³/mol. The number of thiophene rings is 1. The van der Waals surface area contributed by atoms with Crippen molar-refractivity contribution in [3.63, 3.8) is 0 Å². The minimum Gasteiger partial charge on any atom is -0.293 e. The van der Waals surface area contributed by atoms with Gasteiger partial charge < -0.3 is 0 Å². The summed E-state index contributed by atoms with van der Waals surface area (Å²) in [6, 6.07) is 3.98. The van der Waals surface area contributed by atoms with E-state index in [1.165, 1.54) is 0 Å². The highest BCUT2D eigenvalue weighted by Crippen LogP contribution is 2.11. The predicted octanol–water partition coefficient (Wildman–Crippen LogP) is 2.42. The van der Waals surface area contributed by atoms with Gasteiger partial charge in [0.2, 0.25) is 0 Å². The highest BCUT2D eigenvalue weighted by molar-refractivity contribution is 9.10. The first-order chi connectivity index (χ1) is 7.18. The molecule has 0 fully saturated rings. The van der Waals surface area contributed by atoms with Crippen molar-refractivity contribution in [3.8, 4) is 0 Å². The second-order valence-electron chi connectivity index (χ2n) is 3.16. The molecule has 0 atom stereocenters. The van der Waals surface area contributed by atoms with E-state index in [1.54, 1.807) is 29.2 Å². The maximum Gasteiger partial charge on any atom is 0.268 e. The fourth-order valence-electron chi connectivity index (χ4n) is 1.23. The molecule has 5 heteroatoms. The van der Waals surface area contributed by atoms with Crippen LogP contribution >= 0.6 is 27.3 Å². The number of nitrogens with zero attached hydrogens (tertiary/aromatic N) is 2.